The fourth-order valence-corrected chi connectivity index (χ4v) is 5.86. The van der Waals surface area contributed by atoms with E-state index >= 15 is 0 Å². The number of benzene rings is 5. The molecule has 0 aliphatic heterocycles. The summed E-state index contributed by atoms with van der Waals surface area (Å²) < 4.78 is 0. The molecule has 5 aromatic carbocycles. The standard InChI is InChI=1S/C41H40N2.C2H6/c1-4-16-30(5-2)40-36-18-11-13-20-38(36)41(39-21-14-12-19-37(39)40)34-25-24-31-27-33(23-22-32(31)28-34)35(29-43-3)17-10-8-6-7-9-15-26-42;1-2/h4-5,7,9-29,43H,6,8,42H2,1-3H3;1-2H3/b9-7-,16-4-,17-10-,26-15-,30-5+,35-29+;. The largest absolute Gasteiger partial charge is 0.405 e. The van der Waals surface area contributed by atoms with Crippen molar-refractivity contribution in [1.29, 1.82) is 0 Å². The van der Waals surface area contributed by atoms with E-state index in [1.54, 1.807) is 6.20 Å². The van der Waals surface area contributed by atoms with Gasteiger partial charge in [0.1, 0.15) is 0 Å². The Morgan fingerprint density at radius 2 is 1.31 bits per heavy atom. The summed E-state index contributed by atoms with van der Waals surface area (Å²) in [6.07, 6.45) is 22.5. The predicted octanol–water partition coefficient (Wildman–Crippen LogP) is 11.7. The van der Waals surface area contributed by atoms with E-state index < -0.39 is 0 Å². The van der Waals surface area contributed by atoms with Gasteiger partial charge >= 0.3 is 0 Å². The van der Waals surface area contributed by atoms with Crippen molar-refractivity contribution in [2.45, 2.75) is 40.5 Å². The number of fused-ring (bicyclic) bond motifs is 3. The molecule has 0 aliphatic rings. The van der Waals surface area contributed by atoms with E-state index in [1.807, 2.05) is 33.0 Å². The average Bonchev–Trinajstić information content (AvgIpc) is 3.09. The van der Waals surface area contributed by atoms with Crippen LogP contribution in [0, 0.1) is 0 Å². The Morgan fingerprint density at radius 1 is 0.689 bits per heavy atom. The summed E-state index contributed by atoms with van der Waals surface area (Å²) in [6, 6.07) is 31.3. The molecular weight excluding hydrogens is 544 g/mol. The molecule has 5 aromatic rings. The van der Waals surface area contributed by atoms with Crippen LogP contribution in [0.15, 0.2) is 146 Å². The zero-order valence-electron chi connectivity index (χ0n) is 27.3. The summed E-state index contributed by atoms with van der Waals surface area (Å²) in [5, 5.41) is 10.8. The molecule has 0 fully saturated rings. The van der Waals surface area contributed by atoms with Crippen molar-refractivity contribution >= 4 is 43.5 Å². The third kappa shape index (κ3) is 7.53. The maximum absolute atomic E-state index is 5.39. The number of rotatable bonds is 10. The molecular formula is C43H46N2. The Bertz CT molecular complexity index is 1870. The van der Waals surface area contributed by atoms with Gasteiger partial charge in [-0.1, -0.05) is 129 Å². The van der Waals surface area contributed by atoms with E-state index in [-0.39, 0.29) is 0 Å². The van der Waals surface area contributed by atoms with Crippen molar-refractivity contribution in [3.8, 4) is 11.1 Å². The van der Waals surface area contributed by atoms with Gasteiger partial charge in [-0.05, 0) is 117 Å². The molecule has 3 N–H and O–H groups in total. The summed E-state index contributed by atoms with van der Waals surface area (Å²) in [5.74, 6) is 0. The van der Waals surface area contributed by atoms with Crippen molar-refractivity contribution < 1.29 is 0 Å². The van der Waals surface area contributed by atoms with Gasteiger partial charge in [0.25, 0.3) is 0 Å². The van der Waals surface area contributed by atoms with Crippen LogP contribution in [0.25, 0.3) is 54.6 Å². The summed E-state index contributed by atoms with van der Waals surface area (Å²) in [7, 11) is 1.95. The first-order valence-electron chi connectivity index (χ1n) is 16.0. The van der Waals surface area contributed by atoms with Crippen LogP contribution in [-0.2, 0) is 0 Å². The molecule has 0 bridgehead atoms. The molecule has 0 amide bonds. The molecule has 45 heavy (non-hydrogen) atoms. The van der Waals surface area contributed by atoms with Gasteiger partial charge in [0, 0.05) is 13.2 Å². The molecule has 0 saturated heterocycles. The number of hydrogen-bond acceptors (Lipinski definition) is 2. The van der Waals surface area contributed by atoms with Crippen molar-refractivity contribution in [1.82, 2.24) is 5.32 Å². The summed E-state index contributed by atoms with van der Waals surface area (Å²) >= 11 is 0. The smallest absolute Gasteiger partial charge is 0.00411 e. The summed E-state index contributed by atoms with van der Waals surface area (Å²) in [5.41, 5.74) is 12.8. The fourth-order valence-electron chi connectivity index (χ4n) is 5.86. The fraction of sp³-hybridized carbons (Fsp3) is 0.163. The molecule has 0 aromatic heterocycles. The first kappa shape index (κ1) is 32.8. The highest BCUT2D eigenvalue weighted by Crippen LogP contribution is 2.42. The molecule has 0 radical (unpaired) electrons. The third-order valence-corrected chi connectivity index (χ3v) is 7.80. The molecule has 2 heteroatoms. The number of hydrogen-bond donors (Lipinski definition) is 2. The van der Waals surface area contributed by atoms with Gasteiger partial charge in [0.2, 0.25) is 0 Å². The zero-order chi connectivity index (χ0) is 32.0. The maximum atomic E-state index is 5.39. The van der Waals surface area contributed by atoms with Crippen molar-refractivity contribution in [2.75, 3.05) is 7.05 Å². The molecule has 0 atom stereocenters. The van der Waals surface area contributed by atoms with Crippen LogP contribution >= 0.6 is 0 Å². The van der Waals surface area contributed by atoms with Crippen LogP contribution in [0.3, 0.4) is 0 Å². The zero-order valence-corrected chi connectivity index (χ0v) is 27.3. The molecule has 0 aliphatic carbocycles. The summed E-state index contributed by atoms with van der Waals surface area (Å²) in [4.78, 5) is 0. The Morgan fingerprint density at radius 3 is 1.93 bits per heavy atom. The topological polar surface area (TPSA) is 38.0 Å². The van der Waals surface area contributed by atoms with Crippen LogP contribution < -0.4 is 11.1 Å². The van der Waals surface area contributed by atoms with E-state index in [0.717, 1.165) is 18.4 Å². The monoisotopic (exact) mass is 590 g/mol. The van der Waals surface area contributed by atoms with Crippen LogP contribution in [0.2, 0.25) is 0 Å². The van der Waals surface area contributed by atoms with Crippen molar-refractivity contribution in [3.63, 3.8) is 0 Å². The lowest BCUT2D eigenvalue weighted by atomic mass is 9.85. The second-order valence-corrected chi connectivity index (χ2v) is 10.5. The minimum atomic E-state index is 0.970. The Hall–Kier alpha value is -5.08. The van der Waals surface area contributed by atoms with E-state index in [0.29, 0.717) is 0 Å². The van der Waals surface area contributed by atoms with Crippen molar-refractivity contribution in [2.24, 2.45) is 5.73 Å². The highest BCUT2D eigenvalue weighted by molar-refractivity contribution is 6.19. The third-order valence-electron chi connectivity index (χ3n) is 7.80. The minimum Gasteiger partial charge on any atom is -0.405 e. The second kappa shape index (κ2) is 16.7. The lowest BCUT2D eigenvalue weighted by Crippen LogP contribution is -1.95. The molecule has 2 nitrogen and oxygen atoms in total. The number of nitrogens with two attached hydrogens (primary N) is 1. The van der Waals surface area contributed by atoms with Gasteiger partial charge in [-0.15, -0.1) is 0 Å². The van der Waals surface area contributed by atoms with Crippen LogP contribution in [0.4, 0.5) is 0 Å². The number of unbranched alkanes of at least 4 members (excludes halogenated alkanes) is 1. The Balaban J connectivity index is 0.00000226. The first-order chi connectivity index (χ1) is 22.2. The highest BCUT2D eigenvalue weighted by atomic mass is 14.8. The SMILES string of the molecule is C/C=C\C(=C/C)c1c2ccccc2c(-c2ccc3cc(C(/C=C\CC/C=C\C=C/N)=C/NC)ccc3c2)c2ccccc12.CC. The highest BCUT2D eigenvalue weighted by Gasteiger charge is 2.16. The minimum absolute atomic E-state index is 0.970. The number of nitrogens with one attached hydrogen (secondary N) is 1. The van der Waals surface area contributed by atoms with Crippen LogP contribution in [0.1, 0.15) is 51.7 Å². The van der Waals surface area contributed by atoms with Gasteiger partial charge in [-0.2, -0.15) is 0 Å². The average molecular weight is 591 g/mol. The van der Waals surface area contributed by atoms with E-state index in [1.165, 1.54) is 60.1 Å². The molecule has 228 valence electrons. The second-order valence-electron chi connectivity index (χ2n) is 10.5. The number of allylic oxidation sites excluding steroid dienone is 10. The molecule has 0 heterocycles. The van der Waals surface area contributed by atoms with E-state index in [9.17, 15) is 0 Å². The first-order valence-corrected chi connectivity index (χ1v) is 16.0. The lowest BCUT2D eigenvalue weighted by Gasteiger charge is -2.18. The van der Waals surface area contributed by atoms with Crippen LogP contribution in [-0.4, -0.2) is 7.05 Å². The van der Waals surface area contributed by atoms with E-state index in [2.05, 4.69) is 147 Å². The molecule has 5 rings (SSSR count). The van der Waals surface area contributed by atoms with Gasteiger partial charge < -0.3 is 11.1 Å². The Kier molecular flexibility index (Phi) is 12.2. The lowest BCUT2D eigenvalue weighted by molar-refractivity contribution is 1.05. The maximum Gasteiger partial charge on any atom is 0.00411 e. The summed E-state index contributed by atoms with van der Waals surface area (Å²) in [6.45, 7) is 8.20. The predicted molar refractivity (Wildman–Crippen MR) is 202 cm³/mol. The Labute approximate surface area is 269 Å². The van der Waals surface area contributed by atoms with Gasteiger partial charge in [0.05, 0.1) is 0 Å². The van der Waals surface area contributed by atoms with Gasteiger partial charge in [-0.3, -0.25) is 0 Å². The van der Waals surface area contributed by atoms with Gasteiger partial charge in [0.15, 0.2) is 0 Å². The van der Waals surface area contributed by atoms with Crippen LogP contribution in [0.5, 0.6) is 0 Å². The quantitative estimate of drug-likeness (QED) is 0.0964. The van der Waals surface area contributed by atoms with Crippen molar-refractivity contribution in [3.05, 3.63) is 157 Å². The molecule has 0 saturated carbocycles. The molecule has 0 unspecified atom stereocenters. The van der Waals surface area contributed by atoms with E-state index in [4.69, 9.17) is 5.73 Å². The van der Waals surface area contributed by atoms with Gasteiger partial charge in [-0.25, -0.2) is 0 Å². The molecule has 0 spiro atoms. The normalized spacial score (nSPS) is 12.7.